The van der Waals surface area contributed by atoms with Crippen LogP contribution in [0.5, 0.6) is 5.75 Å². The van der Waals surface area contributed by atoms with Crippen molar-refractivity contribution in [2.45, 2.75) is 12.5 Å². The minimum absolute atomic E-state index is 0. The fourth-order valence-corrected chi connectivity index (χ4v) is 2.47. The van der Waals surface area contributed by atoms with Crippen LogP contribution in [0.2, 0.25) is 5.02 Å². The molecular weight excluding hydrogens is 321 g/mol. The minimum Gasteiger partial charge on any atom is -0.549 e. The van der Waals surface area contributed by atoms with Gasteiger partial charge < -0.3 is 19.5 Å². The third kappa shape index (κ3) is 6.58. The molecule has 0 fully saturated rings. The van der Waals surface area contributed by atoms with Crippen LogP contribution in [-0.4, -0.2) is 31.0 Å². The van der Waals surface area contributed by atoms with Crippen LogP contribution in [-0.2, 0) is 4.79 Å². The molecule has 0 radical (unpaired) electrons. The summed E-state index contributed by atoms with van der Waals surface area (Å²) in [7, 11) is 1.74. The van der Waals surface area contributed by atoms with Crippen molar-refractivity contribution in [1.29, 1.82) is 0 Å². The molecule has 0 saturated heterocycles. The number of rotatable bonds is 8. The first-order chi connectivity index (χ1) is 11.1. The molecule has 1 atom stereocenters. The van der Waals surface area contributed by atoms with Gasteiger partial charge in [0.15, 0.2) is 0 Å². The van der Waals surface area contributed by atoms with Gasteiger partial charge in [0.25, 0.3) is 0 Å². The van der Waals surface area contributed by atoms with E-state index in [1.807, 2.05) is 48.5 Å². The van der Waals surface area contributed by atoms with Crippen LogP contribution in [0, 0.1) is 0 Å². The predicted octanol–water partition coefficient (Wildman–Crippen LogP) is -0.464. The Kier molecular flexibility index (Phi) is 8.95. The van der Waals surface area contributed by atoms with Gasteiger partial charge in [-0.05, 0) is 24.7 Å². The number of nitrogens with zero attached hydrogens (tertiary/aromatic N) is 1. The van der Waals surface area contributed by atoms with E-state index in [1.54, 1.807) is 18.0 Å². The minimum atomic E-state index is -1.09. The second-order valence-electron chi connectivity index (χ2n) is 5.35. The molecule has 122 valence electrons. The van der Waals surface area contributed by atoms with Crippen molar-refractivity contribution in [3.63, 3.8) is 0 Å². The van der Waals surface area contributed by atoms with Gasteiger partial charge in [-0.15, -0.1) is 0 Å². The van der Waals surface area contributed by atoms with Crippen LogP contribution in [0.25, 0.3) is 0 Å². The number of carbonyl (C=O) groups excluding carboxylic acids is 1. The number of likely N-dealkylation sites (N-methyl/N-ethyl adjacent to an activating group) is 1. The zero-order chi connectivity index (χ0) is 16.7. The molecule has 0 heterocycles. The van der Waals surface area contributed by atoms with Gasteiger partial charge in [0.1, 0.15) is 11.9 Å². The Morgan fingerprint density at radius 3 is 2.42 bits per heavy atom. The predicted molar refractivity (Wildman–Crippen MR) is 88.4 cm³/mol. The van der Waals surface area contributed by atoms with Gasteiger partial charge in [0.05, 0.1) is 11.0 Å². The SMILES string of the molecule is CN(CC[C@@H](Oc1ccccc1Cl)c1ccccc1)CC(=O)[O-].[Li+]. The summed E-state index contributed by atoms with van der Waals surface area (Å²) in [5, 5.41) is 11.2. The van der Waals surface area contributed by atoms with Gasteiger partial charge in [-0.3, -0.25) is 0 Å². The molecule has 0 aromatic heterocycles. The Morgan fingerprint density at radius 1 is 1.17 bits per heavy atom. The maximum absolute atomic E-state index is 10.7. The number of carboxylic acids is 1. The topological polar surface area (TPSA) is 52.6 Å². The Hall–Kier alpha value is -1.44. The number of ether oxygens (including phenoxy) is 1. The Labute approximate surface area is 159 Å². The van der Waals surface area contributed by atoms with Crippen LogP contribution in [0.1, 0.15) is 18.1 Å². The van der Waals surface area contributed by atoms with Gasteiger partial charge in [-0.25, -0.2) is 0 Å². The molecule has 2 aromatic carbocycles. The fourth-order valence-electron chi connectivity index (χ4n) is 2.29. The molecule has 0 unspecified atom stereocenters. The van der Waals surface area contributed by atoms with Crippen molar-refractivity contribution in [2.24, 2.45) is 0 Å². The van der Waals surface area contributed by atoms with Crippen molar-refractivity contribution >= 4 is 17.6 Å². The number of benzene rings is 2. The monoisotopic (exact) mass is 339 g/mol. The van der Waals surface area contributed by atoms with E-state index in [0.29, 0.717) is 23.7 Å². The fraction of sp³-hybridized carbons (Fsp3) is 0.278. The number of halogens is 1. The number of carbonyl (C=O) groups is 1. The molecule has 0 N–H and O–H groups in total. The van der Waals surface area contributed by atoms with Crippen molar-refractivity contribution in [3.8, 4) is 5.75 Å². The molecule has 2 rings (SSSR count). The quantitative estimate of drug-likeness (QED) is 0.611. The molecule has 0 aliphatic rings. The van der Waals surface area contributed by atoms with E-state index >= 15 is 0 Å². The molecular formula is C18H19ClLiNO3. The summed E-state index contributed by atoms with van der Waals surface area (Å²) >= 11 is 6.17. The number of aliphatic carboxylic acids is 1. The number of hydrogen-bond donors (Lipinski definition) is 0. The molecule has 0 amide bonds. The summed E-state index contributed by atoms with van der Waals surface area (Å²) in [6, 6.07) is 17.1. The van der Waals surface area contributed by atoms with Gasteiger partial charge in [-0.1, -0.05) is 54.1 Å². The van der Waals surface area contributed by atoms with Crippen molar-refractivity contribution in [1.82, 2.24) is 4.90 Å². The van der Waals surface area contributed by atoms with Gasteiger partial charge >= 0.3 is 18.9 Å². The summed E-state index contributed by atoms with van der Waals surface area (Å²) in [4.78, 5) is 12.4. The average Bonchev–Trinajstić information content (AvgIpc) is 2.53. The number of hydrogen-bond acceptors (Lipinski definition) is 4. The smallest absolute Gasteiger partial charge is 0.549 e. The van der Waals surface area contributed by atoms with Crippen LogP contribution in [0.3, 0.4) is 0 Å². The third-order valence-corrected chi connectivity index (χ3v) is 3.76. The molecule has 6 heteroatoms. The van der Waals surface area contributed by atoms with E-state index in [9.17, 15) is 9.90 Å². The normalized spacial score (nSPS) is 11.6. The molecule has 0 spiro atoms. The van der Waals surface area contributed by atoms with Gasteiger partial charge in [0.2, 0.25) is 0 Å². The molecule has 24 heavy (non-hydrogen) atoms. The van der Waals surface area contributed by atoms with Crippen molar-refractivity contribution in [3.05, 3.63) is 65.2 Å². The second kappa shape index (κ2) is 10.4. The van der Waals surface area contributed by atoms with Crippen LogP contribution >= 0.6 is 11.6 Å². The van der Waals surface area contributed by atoms with Crippen LogP contribution < -0.4 is 28.7 Å². The van der Waals surface area contributed by atoms with Crippen molar-refractivity contribution < 1.29 is 33.5 Å². The van der Waals surface area contributed by atoms with E-state index in [1.165, 1.54) is 0 Å². The molecule has 0 aliphatic carbocycles. The average molecular weight is 340 g/mol. The molecule has 4 nitrogen and oxygen atoms in total. The van der Waals surface area contributed by atoms with E-state index in [4.69, 9.17) is 16.3 Å². The first-order valence-electron chi connectivity index (χ1n) is 7.41. The molecule has 0 bridgehead atoms. The van der Waals surface area contributed by atoms with Crippen LogP contribution in [0.15, 0.2) is 54.6 Å². The zero-order valence-corrected chi connectivity index (χ0v) is 14.7. The van der Waals surface area contributed by atoms with Gasteiger partial charge in [-0.2, -0.15) is 0 Å². The Balaban J connectivity index is 0.00000288. The van der Waals surface area contributed by atoms with Gasteiger partial charge in [0, 0.05) is 19.5 Å². The standard InChI is InChI=1S/C18H20ClNO3.Li/c1-20(13-18(21)22)12-11-16(14-7-3-2-4-8-14)23-17-10-6-5-9-15(17)19;/h2-10,16H,11-13H2,1H3,(H,21,22);/q;+1/p-1/t16-;/m1./s1. The van der Waals surface area contributed by atoms with Crippen LogP contribution in [0.4, 0.5) is 0 Å². The summed E-state index contributed by atoms with van der Waals surface area (Å²) in [5.41, 5.74) is 1.02. The largest absolute Gasteiger partial charge is 1.00 e. The molecule has 0 aliphatic heterocycles. The summed E-state index contributed by atoms with van der Waals surface area (Å²) < 4.78 is 6.07. The Morgan fingerprint density at radius 2 is 1.79 bits per heavy atom. The summed E-state index contributed by atoms with van der Waals surface area (Å²) in [6.45, 7) is 0.464. The maximum Gasteiger partial charge on any atom is 1.00 e. The maximum atomic E-state index is 10.7. The summed E-state index contributed by atoms with van der Waals surface area (Å²) in [6.07, 6.45) is 0.430. The first-order valence-corrected chi connectivity index (χ1v) is 7.78. The van der Waals surface area contributed by atoms with Crippen molar-refractivity contribution in [2.75, 3.05) is 20.1 Å². The molecule has 0 saturated carbocycles. The summed E-state index contributed by atoms with van der Waals surface area (Å²) in [5.74, 6) is -0.471. The number of carboxylic acid groups (broad SMARTS) is 1. The van der Waals surface area contributed by atoms with E-state index in [2.05, 4.69) is 0 Å². The molecule has 2 aromatic rings. The second-order valence-corrected chi connectivity index (χ2v) is 5.75. The van der Waals surface area contributed by atoms with E-state index < -0.39 is 5.97 Å². The Bertz CT molecular complexity index is 639. The number of para-hydroxylation sites is 1. The zero-order valence-electron chi connectivity index (χ0n) is 13.9. The van der Waals surface area contributed by atoms with E-state index in [-0.39, 0.29) is 31.5 Å². The third-order valence-electron chi connectivity index (χ3n) is 3.45. The van der Waals surface area contributed by atoms with E-state index in [0.717, 1.165) is 5.56 Å². The first kappa shape index (κ1) is 20.6.